The van der Waals surface area contributed by atoms with E-state index in [1.165, 1.54) is 30.7 Å². The molecule has 9 N–H and O–H groups in total. The molecule has 0 bridgehead atoms. The minimum Gasteiger partial charge on any atom is -0.481 e. The van der Waals surface area contributed by atoms with Crippen LogP contribution in [0.1, 0.15) is 50.8 Å². The van der Waals surface area contributed by atoms with Gasteiger partial charge in [0.1, 0.15) is 23.7 Å². The maximum Gasteiger partial charge on any atom is 0.336 e. The van der Waals surface area contributed by atoms with Crippen molar-refractivity contribution in [3.63, 3.8) is 0 Å². The first-order chi connectivity index (χ1) is 22.6. The summed E-state index contributed by atoms with van der Waals surface area (Å²) in [6, 6.07) is 0.349. The lowest BCUT2D eigenvalue weighted by atomic mass is 10.0. The minimum atomic E-state index is -1.63. The molecular formula is C31H39N7O10. The number of rotatable bonds is 17. The molecule has 0 radical (unpaired) electrons. The Bertz CT molecular complexity index is 1700. The second-order valence-electron chi connectivity index (χ2n) is 11.7. The topological polar surface area (TPSA) is 276 Å². The molecule has 0 unspecified atom stereocenters. The quantitative estimate of drug-likeness (QED) is 0.0894. The molecule has 48 heavy (non-hydrogen) atoms. The van der Waals surface area contributed by atoms with Crippen LogP contribution >= 0.6 is 0 Å². The van der Waals surface area contributed by atoms with E-state index in [1.54, 1.807) is 13.0 Å². The molecule has 3 aromatic rings. The lowest BCUT2D eigenvalue weighted by Crippen LogP contribution is -2.58. The van der Waals surface area contributed by atoms with Gasteiger partial charge in [0.2, 0.25) is 23.6 Å². The second-order valence-corrected chi connectivity index (χ2v) is 11.7. The first kappa shape index (κ1) is 36.9. The number of amides is 4. The van der Waals surface area contributed by atoms with Gasteiger partial charge in [-0.1, -0.05) is 13.8 Å². The molecule has 17 nitrogen and oxygen atoms in total. The highest BCUT2D eigenvalue weighted by Gasteiger charge is 2.32. The Labute approximate surface area is 274 Å². The zero-order chi connectivity index (χ0) is 35.5. The van der Waals surface area contributed by atoms with Crippen LogP contribution in [0.2, 0.25) is 0 Å². The van der Waals surface area contributed by atoms with E-state index < -0.39 is 78.2 Å². The molecule has 258 valence electrons. The maximum absolute atomic E-state index is 13.6. The lowest BCUT2D eigenvalue weighted by Gasteiger charge is -2.25. The zero-order valence-corrected chi connectivity index (χ0v) is 26.6. The molecule has 2 heterocycles. The SMILES string of the molecule is Cc1cc(=O)oc2cc(NC(=O)[C@H](CC(=O)O)NC(=O)[C@H](Cc3cnc[nH]3)NC(=O)[C@H](CCC(=O)O)NC(=O)[C@@H](N)CC(C)C)ccc12. The molecule has 0 saturated carbocycles. The van der Waals surface area contributed by atoms with Crippen LogP contribution in [0.3, 0.4) is 0 Å². The van der Waals surface area contributed by atoms with Gasteiger partial charge in [-0.15, -0.1) is 0 Å². The highest BCUT2D eigenvalue weighted by molar-refractivity contribution is 6.01. The van der Waals surface area contributed by atoms with Crippen molar-refractivity contribution < 1.29 is 43.4 Å². The number of hydrogen-bond donors (Lipinski definition) is 8. The molecule has 0 fully saturated rings. The third-order valence-electron chi connectivity index (χ3n) is 7.18. The van der Waals surface area contributed by atoms with Crippen LogP contribution in [0, 0.1) is 12.8 Å². The fourth-order valence-electron chi connectivity index (χ4n) is 4.82. The predicted octanol–water partition coefficient (Wildman–Crippen LogP) is 0.173. The standard InChI is InChI=1S/C31H39N7O10/c1-15(2)8-20(32)28(44)36-21(6-7-25(39)40)29(45)37-22(10-18-13-33-14-34-18)31(47)38-23(12-26(41)42)30(46)35-17-4-5-19-16(3)9-27(43)48-24(19)11-17/h4-5,9,11,13-15,20-23H,6-8,10,12,32H2,1-3H3,(H,33,34)(H,35,46)(H,36,44)(H,37,45)(H,38,47)(H,39,40)(H,41,42)/t20-,21-,22-,23-/m0/s1. The average molecular weight is 670 g/mol. The van der Waals surface area contributed by atoms with Gasteiger partial charge in [0, 0.05) is 47.9 Å². The van der Waals surface area contributed by atoms with Crippen molar-refractivity contribution in [2.45, 2.75) is 77.0 Å². The van der Waals surface area contributed by atoms with E-state index in [9.17, 15) is 43.8 Å². The molecule has 0 aliphatic carbocycles. The van der Waals surface area contributed by atoms with E-state index in [1.807, 2.05) is 13.8 Å². The summed E-state index contributed by atoms with van der Waals surface area (Å²) in [5.74, 6) is -6.07. The summed E-state index contributed by atoms with van der Waals surface area (Å²) >= 11 is 0. The van der Waals surface area contributed by atoms with Crippen molar-refractivity contribution in [2.75, 3.05) is 5.32 Å². The molecule has 4 atom stereocenters. The van der Waals surface area contributed by atoms with Crippen molar-refractivity contribution >= 4 is 52.2 Å². The smallest absolute Gasteiger partial charge is 0.336 e. The van der Waals surface area contributed by atoms with E-state index >= 15 is 0 Å². The van der Waals surface area contributed by atoms with Gasteiger partial charge in [0.15, 0.2) is 0 Å². The number of nitrogens with two attached hydrogens (primary N) is 1. The maximum atomic E-state index is 13.6. The number of anilines is 1. The molecule has 0 aliphatic heterocycles. The molecule has 2 aromatic heterocycles. The molecule has 0 saturated heterocycles. The second kappa shape index (κ2) is 16.8. The molecule has 0 spiro atoms. The largest absolute Gasteiger partial charge is 0.481 e. The van der Waals surface area contributed by atoms with Crippen LogP contribution in [-0.2, 0) is 35.2 Å². The van der Waals surface area contributed by atoms with Crippen molar-refractivity contribution in [2.24, 2.45) is 11.7 Å². The van der Waals surface area contributed by atoms with E-state index in [0.717, 1.165) is 0 Å². The Morgan fingerprint density at radius 2 is 1.58 bits per heavy atom. The third kappa shape index (κ3) is 11.0. The van der Waals surface area contributed by atoms with Crippen LogP contribution in [0.5, 0.6) is 0 Å². The number of carbonyl (C=O) groups excluding carboxylic acids is 4. The number of H-pyrrole nitrogens is 1. The Kier molecular flexibility index (Phi) is 12.9. The minimum absolute atomic E-state index is 0.0570. The number of imidazole rings is 1. The number of benzene rings is 1. The predicted molar refractivity (Wildman–Crippen MR) is 170 cm³/mol. The van der Waals surface area contributed by atoms with Crippen molar-refractivity contribution in [1.29, 1.82) is 0 Å². The van der Waals surface area contributed by atoms with Crippen molar-refractivity contribution in [3.05, 3.63) is 58.5 Å². The Morgan fingerprint density at radius 3 is 2.21 bits per heavy atom. The zero-order valence-electron chi connectivity index (χ0n) is 26.6. The van der Waals surface area contributed by atoms with Gasteiger partial charge < -0.3 is 46.6 Å². The highest BCUT2D eigenvalue weighted by Crippen LogP contribution is 2.21. The number of nitrogens with one attached hydrogen (secondary N) is 5. The number of aliphatic carboxylic acids is 2. The number of carboxylic acid groups (broad SMARTS) is 2. The fourth-order valence-corrected chi connectivity index (χ4v) is 4.82. The average Bonchev–Trinajstić information content (AvgIpc) is 3.50. The number of aromatic amines is 1. The number of carbonyl (C=O) groups is 6. The normalized spacial score (nSPS) is 13.6. The number of carboxylic acids is 2. The third-order valence-corrected chi connectivity index (χ3v) is 7.18. The van der Waals surface area contributed by atoms with Gasteiger partial charge in [0.05, 0.1) is 18.8 Å². The number of hydrogen-bond acceptors (Lipinski definition) is 10. The Morgan fingerprint density at radius 1 is 0.917 bits per heavy atom. The van der Waals surface area contributed by atoms with Gasteiger partial charge in [-0.25, -0.2) is 9.78 Å². The number of aryl methyl sites for hydroxylation is 1. The first-order valence-electron chi connectivity index (χ1n) is 15.1. The molecule has 3 rings (SSSR count). The van der Waals surface area contributed by atoms with Gasteiger partial charge in [-0.05, 0) is 43.4 Å². The molecule has 4 amide bonds. The van der Waals surface area contributed by atoms with Crippen LogP contribution in [-0.4, -0.2) is 79.9 Å². The Balaban J connectivity index is 1.83. The highest BCUT2D eigenvalue weighted by atomic mass is 16.4. The number of nitrogens with zero attached hydrogens (tertiary/aromatic N) is 1. The van der Waals surface area contributed by atoms with E-state index in [-0.39, 0.29) is 30.0 Å². The van der Waals surface area contributed by atoms with Crippen LogP contribution in [0.15, 0.2) is 46.0 Å². The number of aromatic nitrogens is 2. The van der Waals surface area contributed by atoms with Crippen molar-refractivity contribution in [3.8, 4) is 0 Å². The van der Waals surface area contributed by atoms with E-state index in [4.69, 9.17) is 10.2 Å². The number of fused-ring (bicyclic) bond motifs is 1. The summed E-state index contributed by atoms with van der Waals surface area (Å²) in [5.41, 5.74) is 6.69. The van der Waals surface area contributed by atoms with Crippen LogP contribution in [0.4, 0.5) is 5.69 Å². The molecular weight excluding hydrogens is 630 g/mol. The summed E-state index contributed by atoms with van der Waals surface area (Å²) < 4.78 is 5.19. The van der Waals surface area contributed by atoms with E-state index in [0.29, 0.717) is 23.1 Å². The lowest BCUT2D eigenvalue weighted by molar-refractivity contribution is -0.140. The first-order valence-corrected chi connectivity index (χ1v) is 15.1. The summed E-state index contributed by atoms with van der Waals surface area (Å²) in [7, 11) is 0. The summed E-state index contributed by atoms with van der Waals surface area (Å²) in [6.45, 7) is 5.40. The van der Waals surface area contributed by atoms with Gasteiger partial charge in [0.25, 0.3) is 0 Å². The molecule has 17 heteroatoms. The fraction of sp³-hybridized carbons (Fsp3) is 0.419. The molecule has 1 aromatic carbocycles. The Hall–Kier alpha value is -5.58. The van der Waals surface area contributed by atoms with Crippen LogP contribution in [0.25, 0.3) is 11.0 Å². The van der Waals surface area contributed by atoms with E-state index in [2.05, 4.69) is 31.2 Å². The van der Waals surface area contributed by atoms with Gasteiger partial charge in [-0.3, -0.25) is 28.8 Å². The summed E-state index contributed by atoms with van der Waals surface area (Å²) in [4.78, 5) is 94.4. The summed E-state index contributed by atoms with van der Waals surface area (Å²) in [6.07, 6.45) is 1.14. The van der Waals surface area contributed by atoms with Crippen LogP contribution < -0.4 is 32.6 Å². The molecule has 0 aliphatic rings. The van der Waals surface area contributed by atoms with Crippen molar-refractivity contribution in [1.82, 2.24) is 25.9 Å². The summed E-state index contributed by atoms with van der Waals surface area (Å²) in [5, 5.41) is 29.1. The van der Waals surface area contributed by atoms with Gasteiger partial charge in [-0.2, -0.15) is 0 Å². The monoisotopic (exact) mass is 669 g/mol. The van der Waals surface area contributed by atoms with Gasteiger partial charge >= 0.3 is 17.6 Å².